The highest BCUT2D eigenvalue weighted by Gasteiger charge is 2.53. The first kappa shape index (κ1) is 81.4. The topological polar surface area (TPSA) is 99.6 Å². The van der Waals surface area contributed by atoms with Crippen molar-refractivity contribution < 1.29 is 37.6 Å². The van der Waals surface area contributed by atoms with E-state index in [1.165, 1.54) is 77.0 Å². The van der Waals surface area contributed by atoms with Crippen molar-refractivity contribution in [3.63, 3.8) is 0 Å². The zero-order valence-electron chi connectivity index (χ0n) is 67.9. The second kappa shape index (κ2) is 38.4. The van der Waals surface area contributed by atoms with Gasteiger partial charge in [0.1, 0.15) is 0 Å². The predicted molar refractivity (Wildman–Crippen MR) is 458 cm³/mol. The normalized spacial score (nSPS) is 14.9. The molecule has 2 saturated heterocycles. The standard InChI is InChI=1S/C98H118B2N2O8/c1-13-17-21-25-49-103-67-71-53-83(61-85(55-71)79-37-43-91(44-38-79)99-107-95(5,6)96(7,8)108-99)75-29-33-77(34-30-75)87-57-73(69-105-51-27-23-19-15-3)59-89(63-87)81-41-47-93(101-65-81)94-48-42-82(66-102-94)90-60-74(70-106-52-28-24-20-16-4)58-88(64-90)78-35-31-76(32-36-78)84-54-72(68-104-50-26-22-18-14-2)56-86(62-84)80-39-45-92(46-40-80)100-109-97(9,10)98(11,12)110-100/h29-48,53-66H,13-28,49-52,67-70H2,1-12H3. The second-order valence-electron chi connectivity index (χ2n) is 32.6. The summed E-state index contributed by atoms with van der Waals surface area (Å²) in [7, 11) is -0.838. The van der Waals surface area contributed by atoms with Crippen molar-refractivity contribution in [1.82, 2.24) is 9.97 Å². The molecule has 2 aromatic heterocycles. The number of hydrogen-bond acceptors (Lipinski definition) is 10. The zero-order chi connectivity index (χ0) is 77.1. The van der Waals surface area contributed by atoms with E-state index in [1.54, 1.807) is 0 Å². The number of unbranched alkanes of at least 4 members (excludes halogenated alkanes) is 12. The van der Waals surface area contributed by atoms with Crippen LogP contribution in [0.15, 0.2) is 207 Å². The van der Waals surface area contributed by atoms with Crippen LogP contribution in [0.5, 0.6) is 0 Å². The largest absolute Gasteiger partial charge is 0.494 e. The van der Waals surface area contributed by atoms with E-state index >= 15 is 0 Å². The molecule has 0 saturated carbocycles. The molecule has 574 valence electrons. The molecule has 10 nitrogen and oxygen atoms in total. The molecule has 0 bridgehead atoms. The molecular formula is C98H118B2N2O8. The molecule has 0 amide bonds. The molecule has 2 aliphatic heterocycles. The van der Waals surface area contributed by atoms with E-state index < -0.39 is 36.6 Å². The molecule has 0 radical (unpaired) electrons. The van der Waals surface area contributed by atoms with Gasteiger partial charge in [-0.25, -0.2) is 0 Å². The molecule has 110 heavy (non-hydrogen) atoms. The van der Waals surface area contributed by atoms with Gasteiger partial charge in [-0.15, -0.1) is 0 Å². The van der Waals surface area contributed by atoms with Gasteiger partial charge in [0.2, 0.25) is 0 Å². The molecule has 0 unspecified atom stereocenters. The lowest BCUT2D eigenvalue weighted by Crippen LogP contribution is -2.41. The van der Waals surface area contributed by atoms with Crippen LogP contribution < -0.4 is 10.9 Å². The van der Waals surface area contributed by atoms with Gasteiger partial charge in [0.15, 0.2) is 0 Å². The number of rotatable bonds is 39. The van der Waals surface area contributed by atoms with Gasteiger partial charge in [-0.05, 0) is 277 Å². The van der Waals surface area contributed by atoms with Crippen molar-refractivity contribution in [2.24, 2.45) is 0 Å². The van der Waals surface area contributed by atoms with Crippen LogP contribution in [0, 0.1) is 0 Å². The van der Waals surface area contributed by atoms with Gasteiger partial charge < -0.3 is 37.6 Å². The third-order valence-corrected chi connectivity index (χ3v) is 22.7. The number of nitrogens with zero attached hydrogens (tertiary/aromatic N) is 2. The average Bonchev–Trinajstić information content (AvgIpc) is 1.56. The van der Waals surface area contributed by atoms with Crippen LogP contribution in [-0.4, -0.2) is 73.0 Å². The summed E-state index contributed by atoms with van der Waals surface area (Å²) in [6, 6.07) is 71.3. The van der Waals surface area contributed by atoms with Gasteiger partial charge in [0.05, 0.1) is 60.2 Å². The van der Waals surface area contributed by atoms with Crippen LogP contribution in [-0.2, 0) is 64.0 Å². The third-order valence-electron chi connectivity index (χ3n) is 22.7. The van der Waals surface area contributed by atoms with E-state index in [-0.39, 0.29) is 0 Å². The first-order valence-electron chi connectivity index (χ1n) is 41.2. The summed E-state index contributed by atoms with van der Waals surface area (Å²) >= 11 is 0. The van der Waals surface area contributed by atoms with Gasteiger partial charge in [-0.1, -0.05) is 214 Å². The Balaban J connectivity index is 0.782. The Morgan fingerprint density at radius 1 is 0.245 bits per heavy atom. The van der Waals surface area contributed by atoms with E-state index in [0.29, 0.717) is 26.4 Å². The first-order valence-corrected chi connectivity index (χ1v) is 41.2. The van der Waals surface area contributed by atoms with Crippen LogP contribution >= 0.6 is 0 Å². The monoisotopic (exact) mass is 1470 g/mol. The lowest BCUT2D eigenvalue weighted by Gasteiger charge is -2.32. The van der Waals surface area contributed by atoms with Crippen molar-refractivity contribution in [3.05, 3.63) is 229 Å². The third kappa shape index (κ3) is 21.3. The van der Waals surface area contributed by atoms with E-state index in [9.17, 15) is 0 Å². The van der Waals surface area contributed by atoms with E-state index in [2.05, 4.69) is 277 Å². The Kier molecular flexibility index (Phi) is 28.4. The summed E-state index contributed by atoms with van der Waals surface area (Å²) in [5.41, 5.74) is 24.4. The maximum atomic E-state index is 6.42. The van der Waals surface area contributed by atoms with Gasteiger partial charge in [-0.3, -0.25) is 9.97 Å². The molecule has 4 heterocycles. The quantitative estimate of drug-likeness (QED) is 0.0274. The molecular weight excluding hydrogens is 1350 g/mol. The van der Waals surface area contributed by atoms with Gasteiger partial charge in [-0.2, -0.15) is 0 Å². The van der Waals surface area contributed by atoms with Crippen molar-refractivity contribution in [2.45, 2.75) is 235 Å². The van der Waals surface area contributed by atoms with Crippen molar-refractivity contribution in [3.8, 4) is 100 Å². The summed E-state index contributed by atoms with van der Waals surface area (Å²) < 4.78 is 51.1. The van der Waals surface area contributed by atoms with Crippen molar-refractivity contribution in [2.75, 3.05) is 26.4 Å². The fourth-order valence-electron chi connectivity index (χ4n) is 14.5. The smallest absolute Gasteiger partial charge is 0.399 e. The SMILES string of the molecule is CCCCCCOCc1cc(-c2ccc(B3OC(C)(C)C(C)(C)O3)cc2)cc(-c2ccc(-c3cc(COCCCCCC)cc(-c4ccc(-c5ccc(-c6cc(COCCCCCC)cc(-c7ccc(-c8cc(COCCCCCC)cc(-c9ccc(B%10OC(C)(C)C(C)(C)O%10)cc9)c8)cc7)c6)cn5)nc4)c3)cc2)c1. The molecule has 0 atom stereocenters. The van der Waals surface area contributed by atoms with Crippen molar-refractivity contribution in [1.29, 1.82) is 0 Å². The number of benzene rings is 8. The van der Waals surface area contributed by atoms with Crippen LogP contribution in [0.3, 0.4) is 0 Å². The minimum absolute atomic E-state index is 0.411. The fourth-order valence-corrected chi connectivity index (χ4v) is 14.5. The maximum Gasteiger partial charge on any atom is 0.494 e. The number of pyridine rings is 2. The highest BCUT2D eigenvalue weighted by Crippen LogP contribution is 2.41. The van der Waals surface area contributed by atoms with Gasteiger partial charge in [0, 0.05) is 49.9 Å². The summed E-state index contributed by atoms with van der Waals surface area (Å²) in [4.78, 5) is 10.2. The van der Waals surface area contributed by atoms with Crippen LogP contribution in [0.1, 0.15) is 208 Å². The highest BCUT2D eigenvalue weighted by atomic mass is 16.7. The zero-order valence-corrected chi connectivity index (χ0v) is 67.9. The average molecular weight is 1470 g/mol. The summed E-state index contributed by atoms with van der Waals surface area (Å²) in [6.45, 7) is 30.9. The Labute approximate surface area is 659 Å². The number of ether oxygens (including phenoxy) is 4. The summed E-state index contributed by atoms with van der Waals surface area (Å²) in [5.74, 6) is 0. The number of aromatic nitrogens is 2. The van der Waals surface area contributed by atoms with E-state index in [1.807, 2.05) is 12.4 Å². The summed E-state index contributed by atoms with van der Waals surface area (Å²) in [5, 5.41) is 0. The maximum absolute atomic E-state index is 6.42. The molecule has 8 aromatic carbocycles. The lowest BCUT2D eigenvalue weighted by atomic mass is 9.78. The highest BCUT2D eigenvalue weighted by molar-refractivity contribution is 6.62. The Morgan fingerprint density at radius 3 is 0.664 bits per heavy atom. The predicted octanol–water partition coefficient (Wildman–Crippen LogP) is 24.5. The summed E-state index contributed by atoms with van der Waals surface area (Å²) in [6.07, 6.45) is 22.6. The number of hydrogen-bond donors (Lipinski definition) is 0. The lowest BCUT2D eigenvalue weighted by molar-refractivity contribution is 0.00578. The fraction of sp³-hybridized carbons (Fsp3) is 0.408. The van der Waals surface area contributed by atoms with Gasteiger partial charge in [0.25, 0.3) is 0 Å². The molecule has 2 aliphatic rings. The Morgan fingerprint density at radius 2 is 0.455 bits per heavy atom. The molecule has 12 heteroatoms. The minimum Gasteiger partial charge on any atom is -0.399 e. The van der Waals surface area contributed by atoms with Crippen LogP contribution in [0.25, 0.3) is 100 Å². The van der Waals surface area contributed by atoms with Crippen LogP contribution in [0.4, 0.5) is 0 Å². The second-order valence-corrected chi connectivity index (χ2v) is 32.6. The van der Waals surface area contributed by atoms with Crippen molar-refractivity contribution >= 4 is 25.2 Å². The van der Waals surface area contributed by atoms with Crippen LogP contribution in [0.2, 0.25) is 0 Å². The molecule has 0 spiro atoms. The minimum atomic E-state index is -0.419. The van der Waals surface area contributed by atoms with E-state index in [4.69, 9.17) is 47.5 Å². The Hall–Kier alpha value is -8.13. The van der Waals surface area contributed by atoms with E-state index in [0.717, 1.165) is 186 Å². The molecule has 10 aromatic rings. The van der Waals surface area contributed by atoms with Gasteiger partial charge >= 0.3 is 14.2 Å². The molecule has 0 N–H and O–H groups in total. The first-order chi connectivity index (χ1) is 53.3. The molecule has 2 fully saturated rings. The Bertz CT molecular complexity index is 4230. The molecule has 12 rings (SSSR count). The molecule has 0 aliphatic carbocycles.